The minimum absolute atomic E-state index is 0.0240. The van der Waals surface area contributed by atoms with Gasteiger partial charge in [-0.15, -0.1) is 0 Å². The predicted molar refractivity (Wildman–Crippen MR) is 41.0 cm³/mol. The third-order valence-electron chi connectivity index (χ3n) is 1.97. The predicted octanol–water partition coefficient (Wildman–Crippen LogP) is -0.808. The highest BCUT2D eigenvalue weighted by Gasteiger charge is 2.32. The molecular weight excluding hydrogens is 144 g/mol. The Hall–Kier alpha value is -0.610. The number of hydrogen-bond acceptors (Lipinski definition) is 3. The van der Waals surface area contributed by atoms with Crippen LogP contribution < -0.4 is 5.73 Å². The summed E-state index contributed by atoms with van der Waals surface area (Å²) in [6.07, 6.45) is 0. The van der Waals surface area contributed by atoms with Crippen molar-refractivity contribution >= 4 is 5.91 Å². The van der Waals surface area contributed by atoms with Crippen LogP contribution >= 0.6 is 0 Å². The quantitative estimate of drug-likeness (QED) is 0.543. The molecule has 1 rings (SSSR count). The lowest BCUT2D eigenvalue weighted by Gasteiger charge is -2.37. The fourth-order valence-corrected chi connectivity index (χ4v) is 1.11. The summed E-state index contributed by atoms with van der Waals surface area (Å²) in [6.45, 7) is 3.10. The maximum atomic E-state index is 11.0. The number of morpholine rings is 1. The molecule has 4 heteroatoms. The van der Waals surface area contributed by atoms with Gasteiger partial charge in [-0.1, -0.05) is 0 Å². The van der Waals surface area contributed by atoms with Crippen LogP contribution in [0.2, 0.25) is 0 Å². The van der Waals surface area contributed by atoms with Gasteiger partial charge in [0.15, 0.2) is 0 Å². The van der Waals surface area contributed by atoms with Gasteiger partial charge < -0.3 is 15.4 Å². The number of nitrogens with two attached hydrogens (primary N) is 1. The second-order valence-electron chi connectivity index (χ2n) is 3.19. The van der Waals surface area contributed by atoms with Crippen molar-refractivity contribution in [1.82, 2.24) is 4.90 Å². The number of ether oxygens (including phenoxy) is 1. The zero-order valence-electron chi connectivity index (χ0n) is 6.96. The third kappa shape index (κ3) is 1.70. The first-order valence-corrected chi connectivity index (χ1v) is 3.65. The number of likely N-dealkylation sites (N-methyl/N-ethyl adjacent to an activating group) is 1. The van der Waals surface area contributed by atoms with E-state index < -0.39 is 0 Å². The first kappa shape index (κ1) is 8.49. The molecule has 0 aromatic carbocycles. The Kier molecular flexibility index (Phi) is 2.15. The van der Waals surface area contributed by atoms with Gasteiger partial charge in [0, 0.05) is 13.6 Å². The fraction of sp³-hybridized carbons (Fsp3) is 0.857. The summed E-state index contributed by atoms with van der Waals surface area (Å²) >= 11 is 0. The molecule has 1 heterocycles. The maximum absolute atomic E-state index is 11.0. The van der Waals surface area contributed by atoms with Gasteiger partial charge in [-0.3, -0.25) is 4.79 Å². The smallest absolute Gasteiger partial charge is 0.248 e. The normalized spacial score (nSPS) is 32.6. The molecule has 2 N–H and O–H groups in total. The van der Waals surface area contributed by atoms with Crippen LogP contribution in [0.1, 0.15) is 6.92 Å². The van der Waals surface area contributed by atoms with Gasteiger partial charge in [-0.2, -0.15) is 0 Å². The maximum Gasteiger partial charge on any atom is 0.248 e. The van der Waals surface area contributed by atoms with E-state index >= 15 is 0 Å². The zero-order chi connectivity index (χ0) is 8.48. The molecule has 1 aliphatic rings. The van der Waals surface area contributed by atoms with Gasteiger partial charge >= 0.3 is 0 Å². The molecule has 64 valence electrons. The van der Waals surface area contributed by atoms with Crippen LogP contribution in [0, 0.1) is 0 Å². The summed E-state index contributed by atoms with van der Waals surface area (Å²) in [5.74, 6) is 0.0240. The number of rotatable bonds is 1. The van der Waals surface area contributed by atoms with Crippen LogP contribution in [0.3, 0.4) is 0 Å². The minimum atomic E-state index is -0.345. The SMILES string of the molecule is CN1CC(C)(CN)OCC1=O. The Labute approximate surface area is 66.3 Å². The number of nitrogens with zero attached hydrogens (tertiary/aromatic N) is 1. The van der Waals surface area contributed by atoms with Crippen molar-refractivity contribution in [2.75, 3.05) is 26.7 Å². The Morgan fingerprint density at radius 3 is 2.91 bits per heavy atom. The first-order valence-electron chi connectivity index (χ1n) is 3.65. The number of carbonyl (C=O) groups is 1. The topological polar surface area (TPSA) is 55.6 Å². The highest BCUT2D eigenvalue weighted by atomic mass is 16.5. The lowest BCUT2D eigenvalue weighted by molar-refractivity contribution is -0.157. The molecule has 0 saturated carbocycles. The Morgan fingerprint density at radius 2 is 2.45 bits per heavy atom. The van der Waals surface area contributed by atoms with E-state index in [-0.39, 0.29) is 18.1 Å². The zero-order valence-corrected chi connectivity index (χ0v) is 6.96. The minimum Gasteiger partial charge on any atom is -0.362 e. The van der Waals surface area contributed by atoms with E-state index in [0.29, 0.717) is 13.1 Å². The Balaban J connectivity index is 2.58. The van der Waals surface area contributed by atoms with Crippen LogP contribution in [0.25, 0.3) is 0 Å². The van der Waals surface area contributed by atoms with Crippen LogP contribution in [0.4, 0.5) is 0 Å². The average Bonchev–Trinajstić information content (AvgIpc) is 1.98. The van der Waals surface area contributed by atoms with E-state index in [1.807, 2.05) is 6.92 Å². The molecule has 0 bridgehead atoms. The van der Waals surface area contributed by atoms with Crippen molar-refractivity contribution in [3.05, 3.63) is 0 Å². The largest absolute Gasteiger partial charge is 0.362 e. The van der Waals surface area contributed by atoms with Crippen molar-refractivity contribution in [3.63, 3.8) is 0 Å². The molecule has 0 spiro atoms. The van der Waals surface area contributed by atoms with Crippen LogP contribution in [-0.2, 0) is 9.53 Å². The van der Waals surface area contributed by atoms with Crippen molar-refractivity contribution in [1.29, 1.82) is 0 Å². The van der Waals surface area contributed by atoms with Gasteiger partial charge in [-0.05, 0) is 6.92 Å². The molecule has 1 saturated heterocycles. The molecule has 11 heavy (non-hydrogen) atoms. The summed E-state index contributed by atoms with van der Waals surface area (Å²) in [4.78, 5) is 12.6. The summed E-state index contributed by atoms with van der Waals surface area (Å²) < 4.78 is 5.28. The molecule has 0 radical (unpaired) electrons. The number of amides is 1. The highest BCUT2D eigenvalue weighted by molar-refractivity contribution is 5.77. The second-order valence-corrected chi connectivity index (χ2v) is 3.19. The van der Waals surface area contributed by atoms with Crippen molar-refractivity contribution in [3.8, 4) is 0 Å². The summed E-state index contributed by atoms with van der Waals surface area (Å²) in [6, 6.07) is 0. The summed E-state index contributed by atoms with van der Waals surface area (Å²) in [5, 5.41) is 0. The molecule has 1 unspecified atom stereocenters. The third-order valence-corrected chi connectivity index (χ3v) is 1.97. The van der Waals surface area contributed by atoms with Crippen molar-refractivity contribution in [2.24, 2.45) is 5.73 Å². The lowest BCUT2D eigenvalue weighted by Crippen LogP contribution is -2.54. The van der Waals surface area contributed by atoms with E-state index in [9.17, 15) is 4.79 Å². The molecule has 1 fully saturated rings. The van der Waals surface area contributed by atoms with E-state index in [1.165, 1.54) is 0 Å². The molecule has 4 nitrogen and oxygen atoms in total. The summed E-state index contributed by atoms with van der Waals surface area (Å²) in [7, 11) is 1.76. The van der Waals surface area contributed by atoms with Gasteiger partial charge in [-0.25, -0.2) is 0 Å². The van der Waals surface area contributed by atoms with Crippen molar-refractivity contribution < 1.29 is 9.53 Å². The van der Waals surface area contributed by atoms with E-state index in [1.54, 1.807) is 11.9 Å². The number of carbonyl (C=O) groups excluding carboxylic acids is 1. The molecule has 0 aromatic heterocycles. The first-order chi connectivity index (χ1) is 5.07. The second kappa shape index (κ2) is 2.79. The summed E-state index contributed by atoms with van der Waals surface area (Å²) in [5.41, 5.74) is 5.14. The van der Waals surface area contributed by atoms with E-state index in [4.69, 9.17) is 10.5 Å². The lowest BCUT2D eigenvalue weighted by atomic mass is 10.1. The standard InChI is InChI=1S/C7H14N2O2/c1-7(4-8)5-9(2)6(10)3-11-7/h3-5,8H2,1-2H3. The molecular formula is C7H14N2O2. The highest BCUT2D eigenvalue weighted by Crippen LogP contribution is 2.14. The molecule has 0 aromatic rings. The van der Waals surface area contributed by atoms with Crippen LogP contribution in [0.5, 0.6) is 0 Å². The Morgan fingerprint density at radius 1 is 1.82 bits per heavy atom. The van der Waals surface area contributed by atoms with E-state index in [0.717, 1.165) is 0 Å². The molecule has 0 aliphatic carbocycles. The molecule has 1 atom stereocenters. The molecule has 1 aliphatic heterocycles. The van der Waals surface area contributed by atoms with E-state index in [2.05, 4.69) is 0 Å². The van der Waals surface area contributed by atoms with Gasteiger partial charge in [0.25, 0.3) is 0 Å². The average molecular weight is 158 g/mol. The fourth-order valence-electron chi connectivity index (χ4n) is 1.11. The van der Waals surface area contributed by atoms with Gasteiger partial charge in [0.2, 0.25) is 5.91 Å². The van der Waals surface area contributed by atoms with Crippen LogP contribution in [0.15, 0.2) is 0 Å². The number of hydrogen-bond donors (Lipinski definition) is 1. The molecule has 1 amide bonds. The van der Waals surface area contributed by atoms with Crippen LogP contribution in [-0.4, -0.2) is 43.2 Å². The monoisotopic (exact) mass is 158 g/mol. The van der Waals surface area contributed by atoms with Gasteiger partial charge in [0.05, 0.1) is 12.1 Å². The Bertz CT molecular complexity index is 172. The van der Waals surface area contributed by atoms with Crippen molar-refractivity contribution in [2.45, 2.75) is 12.5 Å². The van der Waals surface area contributed by atoms with Gasteiger partial charge in [0.1, 0.15) is 6.61 Å².